The third kappa shape index (κ3) is 7.54. The van der Waals surface area contributed by atoms with Crippen molar-refractivity contribution >= 4 is 11.6 Å². The van der Waals surface area contributed by atoms with Crippen LogP contribution in [0.1, 0.15) is 25.0 Å². The Kier molecular flexibility index (Phi) is 9.24. The van der Waals surface area contributed by atoms with Gasteiger partial charge in [-0.3, -0.25) is 0 Å². The van der Waals surface area contributed by atoms with Crippen molar-refractivity contribution in [2.45, 2.75) is 19.4 Å². The Balaban J connectivity index is 1.97. The highest BCUT2D eigenvalue weighted by Crippen LogP contribution is 2.18. The van der Waals surface area contributed by atoms with Crippen molar-refractivity contribution in [3.63, 3.8) is 0 Å². The molecule has 7 heteroatoms. The van der Waals surface area contributed by atoms with E-state index in [9.17, 15) is 9.50 Å². The molecule has 0 fully saturated rings. The highest BCUT2D eigenvalue weighted by atomic mass is 19.1. The first-order chi connectivity index (χ1) is 13.6. The minimum Gasteiger partial charge on any atom is -0.493 e. The second kappa shape index (κ2) is 11.9. The lowest BCUT2D eigenvalue weighted by Gasteiger charge is -2.14. The summed E-state index contributed by atoms with van der Waals surface area (Å²) in [4.78, 5) is 4.42. The van der Waals surface area contributed by atoms with Crippen molar-refractivity contribution in [1.29, 1.82) is 0 Å². The lowest BCUT2D eigenvalue weighted by atomic mass is 10.1. The quantitative estimate of drug-likeness (QED) is 0.330. The van der Waals surface area contributed by atoms with E-state index in [2.05, 4.69) is 15.6 Å². The molecule has 0 saturated heterocycles. The van der Waals surface area contributed by atoms with Crippen LogP contribution in [0.3, 0.4) is 0 Å². The molecule has 2 aromatic rings. The SMILES string of the molecule is CCNC(=NCC(O)c1ccc(F)cc1)Nc1cccc(OCCCOC)c1. The van der Waals surface area contributed by atoms with E-state index in [1.807, 2.05) is 31.2 Å². The third-order valence-electron chi connectivity index (χ3n) is 3.88. The van der Waals surface area contributed by atoms with Gasteiger partial charge in [0.2, 0.25) is 0 Å². The first kappa shape index (κ1) is 21.7. The topological polar surface area (TPSA) is 75.1 Å². The zero-order chi connectivity index (χ0) is 20.2. The van der Waals surface area contributed by atoms with Crippen LogP contribution in [0.5, 0.6) is 5.75 Å². The fourth-order valence-electron chi connectivity index (χ4n) is 2.47. The van der Waals surface area contributed by atoms with Gasteiger partial charge in [0.1, 0.15) is 11.6 Å². The van der Waals surface area contributed by atoms with Gasteiger partial charge in [-0.05, 0) is 36.8 Å². The van der Waals surface area contributed by atoms with Crippen LogP contribution in [0.25, 0.3) is 0 Å². The lowest BCUT2D eigenvalue weighted by Crippen LogP contribution is -2.31. The highest BCUT2D eigenvalue weighted by molar-refractivity contribution is 5.93. The average Bonchev–Trinajstić information content (AvgIpc) is 2.70. The number of halogens is 1. The number of hydrogen-bond acceptors (Lipinski definition) is 4. The maximum atomic E-state index is 13.0. The maximum Gasteiger partial charge on any atom is 0.195 e. The molecule has 1 unspecified atom stereocenters. The smallest absolute Gasteiger partial charge is 0.195 e. The summed E-state index contributed by atoms with van der Waals surface area (Å²) in [6.45, 7) is 4.02. The van der Waals surface area contributed by atoms with E-state index in [0.29, 0.717) is 31.3 Å². The van der Waals surface area contributed by atoms with Crippen LogP contribution in [0.2, 0.25) is 0 Å². The predicted molar refractivity (Wildman–Crippen MR) is 109 cm³/mol. The predicted octanol–water partition coefficient (Wildman–Crippen LogP) is 3.35. The second-order valence-electron chi connectivity index (χ2n) is 6.13. The van der Waals surface area contributed by atoms with Gasteiger partial charge in [0, 0.05) is 38.4 Å². The molecular formula is C21H28FN3O3. The van der Waals surface area contributed by atoms with Crippen LogP contribution >= 0.6 is 0 Å². The Morgan fingerprint density at radius 1 is 1.18 bits per heavy atom. The minimum absolute atomic E-state index is 0.147. The van der Waals surface area contributed by atoms with Crippen molar-refractivity contribution in [3.05, 3.63) is 59.9 Å². The zero-order valence-electron chi connectivity index (χ0n) is 16.3. The molecule has 2 aromatic carbocycles. The molecule has 0 aliphatic rings. The third-order valence-corrected chi connectivity index (χ3v) is 3.88. The Morgan fingerprint density at radius 3 is 2.68 bits per heavy atom. The number of anilines is 1. The number of aliphatic hydroxyl groups is 1. The fraction of sp³-hybridized carbons (Fsp3) is 0.381. The normalized spacial score (nSPS) is 12.5. The van der Waals surface area contributed by atoms with Crippen LogP contribution in [-0.4, -0.2) is 44.5 Å². The first-order valence-corrected chi connectivity index (χ1v) is 9.33. The zero-order valence-corrected chi connectivity index (χ0v) is 16.3. The van der Waals surface area contributed by atoms with Crippen molar-refractivity contribution in [1.82, 2.24) is 5.32 Å². The lowest BCUT2D eigenvalue weighted by molar-refractivity contribution is 0.172. The standard InChI is InChI=1S/C21H28FN3O3/c1-3-23-21(24-15-20(26)16-8-10-17(22)11-9-16)25-18-6-4-7-19(14-18)28-13-5-12-27-2/h4,6-11,14,20,26H,3,5,12-13,15H2,1-2H3,(H2,23,24,25). The largest absolute Gasteiger partial charge is 0.493 e. The molecule has 0 aromatic heterocycles. The van der Waals surface area contributed by atoms with E-state index >= 15 is 0 Å². The van der Waals surface area contributed by atoms with Crippen LogP contribution in [0.15, 0.2) is 53.5 Å². The summed E-state index contributed by atoms with van der Waals surface area (Å²) in [5, 5.41) is 16.6. The highest BCUT2D eigenvalue weighted by Gasteiger charge is 2.08. The molecule has 3 N–H and O–H groups in total. The Bertz CT molecular complexity index is 738. The Morgan fingerprint density at radius 2 is 1.96 bits per heavy atom. The monoisotopic (exact) mass is 389 g/mol. The number of aliphatic imine (C=N–C) groups is 1. The van der Waals surface area contributed by atoms with Crippen LogP contribution in [0.4, 0.5) is 10.1 Å². The van der Waals surface area contributed by atoms with Crippen molar-refractivity contribution < 1.29 is 19.0 Å². The van der Waals surface area contributed by atoms with Gasteiger partial charge in [-0.25, -0.2) is 9.38 Å². The van der Waals surface area contributed by atoms with E-state index in [-0.39, 0.29) is 12.4 Å². The molecule has 0 amide bonds. The average molecular weight is 389 g/mol. The molecule has 0 radical (unpaired) electrons. The summed E-state index contributed by atoms with van der Waals surface area (Å²) in [7, 11) is 1.67. The van der Waals surface area contributed by atoms with Gasteiger partial charge in [0.15, 0.2) is 5.96 Å². The van der Waals surface area contributed by atoms with Gasteiger partial charge in [-0.2, -0.15) is 0 Å². The number of nitrogens with one attached hydrogen (secondary N) is 2. The fourth-order valence-corrected chi connectivity index (χ4v) is 2.47. The summed E-state index contributed by atoms with van der Waals surface area (Å²) in [5.41, 5.74) is 1.44. The van der Waals surface area contributed by atoms with Gasteiger partial charge in [-0.1, -0.05) is 18.2 Å². The number of aliphatic hydroxyl groups excluding tert-OH is 1. The molecule has 152 valence electrons. The number of hydrogen-bond donors (Lipinski definition) is 3. The second-order valence-corrected chi connectivity index (χ2v) is 6.13. The molecule has 6 nitrogen and oxygen atoms in total. The van der Waals surface area contributed by atoms with Crippen molar-refractivity contribution in [3.8, 4) is 5.75 Å². The van der Waals surface area contributed by atoms with Gasteiger partial charge >= 0.3 is 0 Å². The molecular weight excluding hydrogens is 361 g/mol. The number of guanidine groups is 1. The van der Waals surface area contributed by atoms with E-state index in [0.717, 1.165) is 17.9 Å². The first-order valence-electron chi connectivity index (χ1n) is 9.33. The van der Waals surface area contributed by atoms with Gasteiger partial charge in [-0.15, -0.1) is 0 Å². The number of benzene rings is 2. The van der Waals surface area contributed by atoms with E-state index < -0.39 is 6.10 Å². The van der Waals surface area contributed by atoms with E-state index in [1.165, 1.54) is 12.1 Å². The summed E-state index contributed by atoms with van der Waals surface area (Å²) >= 11 is 0. The molecule has 0 bridgehead atoms. The molecule has 0 saturated carbocycles. The van der Waals surface area contributed by atoms with Gasteiger partial charge < -0.3 is 25.2 Å². The van der Waals surface area contributed by atoms with Crippen LogP contribution in [-0.2, 0) is 4.74 Å². The summed E-state index contributed by atoms with van der Waals surface area (Å²) < 4.78 is 23.7. The molecule has 1 atom stereocenters. The van der Waals surface area contributed by atoms with Gasteiger partial charge in [0.25, 0.3) is 0 Å². The van der Waals surface area contributed by atoms with Crippen LogP contribution < -0.4 is 15.4 Å². The number of rotatable bonds is 10. The molecule has 0 heterocycles. The molecule has 2 rings (SSSR count). The van der Waals surface area contributed by atoms with E-state index in [1.54, 1.807) is 19.2 Å². The number of methoxy groups -OCH3 is 1. The van der Waals surface area contributed by atoms with Crippen molar-refractivity contribution in [2.75, 3.05) is 38.7 Å². The molecule has 0 aliphatic carbocycles. The maximum absolute atomic E-state index is 13.0. The minimum atomic E-state index is -0.813. The number of ether oxygens (including phenoxy) is 2. The molecule has 0 aliphatic heterocycles. The molecule has 28 heavy (non-hydrogen) atoms. The molecule has 0 spiro atoms. The summed E-state index contributed by atoms with van der Waals surface area (Å²) in [5.74, 6) is 0.960. The van der Waals surface area contributed by atoms with Gasteiger partial charge in [0.05, 0.1) is 19.3 Å². The summed E-state index contributed by atoms with van der Waals surface area (Å²) in [6.07, 6.45) is 0.00556. The van der Waals surface area contributed by atoms with Crippen molar-refractivity contribution in [2.24, 2.45) is 4.99 Å². The Labute approximate surface area is 165 Å². The summed E-state index contributed by atoms with van der Waals surface area (Å²) in [6, 6.07) is 13.3. The van der Waals surface area contributed by atoms with Crippen LogP contribution in [0, 0.1) is 5.82 Å². The Hall–Kier alpha value is -2.64. The van der Waals surface area contributed by atoms with E-state index in [4.69, 9.17) is 9.47 Å². The number of nitrogens with zero attached hydrogens (tertiary/aromatic N) is 1.